The molecule has 3 heterocycles. The van der Waals surface area contributed by atoms with Gasteiger partial charge in [0.1, 0.15) is 11.6 Å². The number of H-pyrrole nitrogens is 2. The van der Waals surface area contributed by atoms with Gasteiger partial charge in [-0.3, -0.25) is 0 Å². The van der Waals surface area contributed by atoms with Crippen LogP contribution in [0.1, 0.15) is 65.3 Å². The van der Waals surface area contributed by atoms with Gasteiger partial charge in [0.05, 0.1) is 40.7 Å². The van der Waals surface area contributed by atoms with Crippen LogP contribution in [-0.2, 0) is 0 Å². The van der Waals surface area contributed by atoms with Crippen LogP contribution in [-0.4, -0.2) is 19.9 Å². The van der Waals surface area contributed by atoms with Crippen LogP contribution in [0.15, 0.2) is 48.8 Å². The Hall–Kier alpha value is -2.74. The van der Waals surface area contributed by atoms with Crippen molar-refractivity contribution in [1.29, 1.82) is 0 Å². The minimum absolute atomic E-state index is 0.0509. The third-order valence-electron chi connectivity index (χ3n) is 6.00. The fourth-order valence-electron chi connectivity index (χ4n) is 3.53. The first kappa shape index (κ1) is 23.4. The fraction of sp³-hybridized carbons (Fsp3) is 0.385. The summed E-state index contributed by atoms with van der Waals surface area (Å²) in [5.41, 5.74) is 16.8. The summed E-state index contributed by atoms with van der Waals surface area (Å²) in [5.74, 6) is 1.64. The van der Waals surface area contributed by atoms with Crippen LogP contribution < -0.4 is 11.5 Å². The minimum Gasteiger partial charge on any atom is -0.341 e. The molecule has 0 amide bonds. The highest BCUT2D eigenvalue weighted by Gasteiger charge is 2.26. The van der Waals surface area contributed by atoms with E-state index in [0.29, 0.717) is 0 Å². The Kier molecular flexibility index (Phi) is 6.07. The number of benzene rings is 1. The first-order valence-electron chi connectivity index (χ1n) is 11.3. The van der Waals surface area contributed by atoms with E-state index in [1.807, 2.05) is 12.4 Å². The summed E-state index contributed by atoms with van der Waals surface area (Å²) in [7, 11) is 0. The largest absolute Gasteiger partial charge is 0.341 e. The molecule has 0 aliphatic heterocycles. The average Bonchev–Trinajstić information content (AvgIpc) is 3.51. The van der Waals surface area contributed by atoms with Gasteiger partial charge in [-0.2, -0.15) is 0 Å². The lowest BCUT2D eigenvalue weighted by molar-refractivity contribution is 0.316. The second kappa shape index (κ2) is 8.56. The van der Waals surface area contributed by atoms with E-state index in [1.54, 1.807) is 11.3 Å². The second-order valence-corrected chi connectivity index (χ2v) is 11.9. The van der Waals surface area contributed by atoms with E-state index in [0.717, 1.165) is 33.5 Å². The molecule has 4 aromatic rings. The summed E-state index contributed by atoms with van der Waals surface area (Å²) < 4.78 is 0. The van der Waals surface area contributed by atoms with Gasteiger partial charge in [-0.05, 0) is 34.1 Å². The molecule has 1 aromatic carbocycles. The number of hydrogen-bond donors (Lipinski definition) is 4. The average molecular weight is 463 g/mol. The molecular formula is C26H34N6S. The van der Waals surface area contributed by atoms with Gasteiger partial charge in [0.15, 0.2) is 0 Å². The van der Waals surface area contributed by atoms with Crippen LogP contribution in [0.5, 0.6) is 0 Å². The highest BCUT2D eigenvalue weighted by Crippen LogP contribution is 2.36. The molecule has 3 aromatic heterocycles. The summed E-state index contributed by atoms with van der Waals surface area (Å²) in [6.07, 6.45) is 3.73. The lowest BCUT2D eigenvalue weighted by atomic mass is 9.87. The minimum atomic E-state index is -0.143. The Labute approximate surface area is 199 Å². The Bertz CT molecular complexity index is 1220. The maximum atomic E-state index is 6.36. The Balaban J connectivity index is 1.51. The second-order valence-electron chi connectivity index (χ2n) is 10.8. The molecule has 0 fully saturated rings. The number of aromatic nitrogens is 4. The van der Waals surface area contributed by atoms with Crippen LogP contribution in [0.4, 0.5) is 0 Å². The van der Waals surface area contributed by atoms with E-state index in [9.17, 15) is 0 Å². The zero-order valence-corrected chi connectivity index (χ0v) is 21.0. The summed E-state index contributed by atoms with van der Waals surface area (Å²) in [6, 6.07) is 12.5. The highest BCUT2D eigenvalue weighted by atomic mass is 32.1. The van der Waals surface area contributed by atoms with Crippen molar-refractivity contribution in [2.75, 3.05) is 0 Å². The Morgan fingerprint density at radius 3 is 1.67 bits per heavy atom. The summed E-state index contributed by atoms with van der Waals surface area (Å²) >= 11 is 1.74. The van der Waals surface area contributed by atoms with Crippen molar-refractivity contribution in [3.05, 3.63) is 60.4 Å². The number of nitrogens with zero attached hydrogens (tertiary/aromatic N) is 2. The van der Waals surface area contributed by atoms with Gasteiger partial charge in [-0.15, -0.1) is 11.3 Å². The van der Waals surface area contributed by atoms with Crippen LogP contribution in [0.2, 0.25) is 0 Å². The molecular weight excluding hydrogens is 428 g/mol. The normalized spacial score (nSPS) is 14.4. The molecule has 0 spiro atoms. The van der Waals surface area contributed by atoms with E-state index >= 15 is 0 Å². The summed E-state index contributed by atoms with van der Waals surface area (Å²) in [5, 5.41) is 0. The van der Waals surface area contributed by atoms with Crippen molar-refractivity contribution in [3.63, 3.8) is 0 Å². The Morgan fingerprint density at radius 2 is 1.12 bits per heavy atom. The molecule has 2 atom stereocenters. The predicted molar refractivity (Wildman–Crippen MR) is 138 cm³/mol. The van der Waals surface area contributed by atoms with Gasteiger partial charge < -0.3 is 21.4 Å². The molecule has 0 radical (unpaired) electrons. The van der Waals surface area contributed by atoms with Crippen molar-refractivity contribution < 1.29 is 0 Å². The standard InChI is InChI=1S/C26H34N6S/c1-25(2,3)21(27)23-29-13-17(31-23)15-7-9-16(10-8-15)19-11-12-20(33-19)18-14-30-24(32-18)22(28)26(4,5)6/h7-14,21-22H,27-28H2,1-6H3,(H,29,31)(H,30,32)/t21-,22?/m1/s1. The quantitative estimate of drug-likeness (QED) is 0.279. The summed E-state index contributed by atoms with van der Waals surface area (Å²) in [4.78, 5) is 18.2. The number of thiophene rings is 1. The topological polar surface area (TPSA) is 109 Å². The third-order valence-corrected chi connectivity index (χ3v) is 7.17. The fourth-order valence-corrected chi connectivity index (χ4v) is 4.51. The first-order valence-corrected chi connectivity index (χ1v) is 12.1. The van der Waals surface area contributed by atoms with E-state index < -0.39 is 0 Å². The lowest BCUT2D eigenvalue weighted by Gasteiger charge is -2.24. The van der Waals surface area contributed by atoms with Crippen molar-refractivity contribution in [1.82, 2.24) is 19.9 Å². The zero-order valence-electron chi connectivity index (χ0n) is 20.2. The highest BCUT2D eigenvalue weighted by molar-refractivity contribution is 7.18. The van der Waals surface area contributed by atoms with Crippen molar-refractivity contribution >= 4 is 11.3 Å². The number of hydrogen-bond acceptors (Lipinski definition) is 5. The molecule has 0 saturated carbocycles. The number of imidazole rings is 2. The SMILES string of the molecule is CC(C)(C)C(N)c1ncc(-c2ccc(-c3ccc(-c4cnc([C@@H](N)C(C)(C)C)[nH]4)cc3)s2)[nH]1. The molecule has 0 bridgehead atoms. The number of nitrogens with two attached hydrogens (primary N) is 2. The van der Waals surface area contributed by atoms with Gasteiger partial charge in [0, 0.05) is 4.88 Å². The van der Waals surface area contributed by atoms with E-state index in [4.69, 9.17) is 11.5 Å². The number of rotatable bonds is 5. The molecule has 6 N–H and O–H groups in total. The third kappa shape index (κ3) is 4.95. The van der Waals surface area contributed by atoms with Crippen LogP contribution in [0.25, 0.3) is 32.3 Å². The van der Waals surface area contributed by atoms with Crippen LogP contribution in [0, 0.1) is 10.8 Å². The molecule has 0 aliphatic carbocycles. The smallest absolute Gasteiger partial charge is 0.124 e. The van der Waals surface area contributed by atoms with Gasteiger partial charge in [-0.25, -0.2) is 9.97 Å². The molecule has 6 nitrogen and oxygen atoms in total. The van der Waals surface area contributed by atoms with Crippen molar-refractivity contribution in [3.8, 4) is 32.3 Å². The molecule has 174 valence electrons. The van der Waals surface area contributed by atoms with E-state index in [1.165, 1.54) is 10.4 Å². The lowest BCUT2D eigenvalue weighted by Crippen LogP contribution is -2.27. The van der Waals surface area contributed by atoms with E-state index in [2.05, 4.69) is 97.9 Å². The zero-order chi connectivity index (χ0) is 24.0. The van der Waals surface area contributed by atoms with Crippen molar-refractivity contribution in [2.45, 2.75) is 53.6 Å². The maximum Gasteiger partial charge on any atom is 0.124 e. The van der Waals surface area contributed by atoms with Gasteiger partial charge in [0.2, 0.25) is 0 Å². The maximum absolute atomic E-state index is 6.36. The van der Waals surface area contributed by atoms with Crippen molar-refractivity contribution in [2.24, 2.45) is 22.3 Å². The van der Waals surface area contributed by atoms with E-state index in [-0.39, 0.29) is 22.9 Å². The molecule has 7 heteroatoms. The molecule has 1 unspecified atom stereocenters. The van der Waals surface area contributed by atoms with Crippen LogP contribution in [0.3, 0.4) is 0 Å². The van der Waals surface area contributed by atoms with Gasteiger partial charge in [0.25, 0.3) is 0 Å². The monoisotopic (exact) mass is 462 g/mol. The molecule has 4 rings (SSSR count). The van der Waals surface area contributed by atoms with Gasteiger partial charge >= 0.3 is 0 Å². The molecule has 0 aliphatic rings. The van der Waals surface area contributed by atoms with Crippen LogP contribution >= 0.6 is 11.3 Å². The first-order chi connectivity index (χ1) is 15.4. The number of nitrogens with one attached hydrogen (secondary N) is 2. The summed E-state index contributed by atoms with van der Waals surface area (Å²) in [6.45, 7) is 12.7. The predicted octanol–water partition coefficient (Wildman–Crippen LogP) is 6.29. The Morgan fingerprint density at radius 1 is 0.667 bits per heavy atom. The molecule has 33 heavy (non-hydrogen) atoms. The van der Waals surface area contributed by atoms with Gasteiger partial charge in [-0.1, -0.05) is 65.8 Å². The molecule has 0 saturated heterocycles. The number of aromatic amines is 2.